The summed E-state index contributed by atoms with van der Waals surface area (Å²) in [4.78, 5) is 0. The first-order valence-electron chi connectivity index (χ1n) is 9.03. The van der Waals surface area contributed by atoms with E-state index in [-0.39, 0.29) is 5.54 Å². The van der Waals surface area contributed by atoms with Gasteiger partial charge < -0.3 is 15.8 Å². The minimum atomic E-state index is -0.291. The Labute approximate surface area is 153 Å². The fourth-order valence-corrected chi connectivity index (χ4v) is 3.46. The van der Waals surface area contributed by atoms with E-state index in [1.54, 1.807) is 0 Å². The molecule has 1 saturated heterocycles. The number of hydrogen-bond donors (Lipinski definition) is 3. The highest BCUT2D eigenvalue weighted by Gasteiger charge is 2.30. The first-order valence-corrected chi connectivity index (χ1v) is 9.03. The summed E-state index contributed by atoms with van der Waals surface area (Å²) >= 11 is 0. The van der Waals surface area contributed by atoms with Crippen LogP contribution in [0.25, 0.3) is 11.3 Å². The largest absolute Gasteiger partial charge is 0.381 e. The summed E-state index contributed by atoms with van der Waals surface area (Å²) in [6.45, 7) is 2.15. The van der Waals surface area contributed by atoms with Gasteiger partial charge in [-0.2, -0.15) is 5.10 Å². The van der Waals surface area contributed by atoms with Gasteiger partial charge in [-0.3, -0.25) is 5.10 Å². The molecule has 0 spiro atoms. The molecule has 0 amide bonds. The SMILES string of the molecule is NC1(c2cccc(NCc3cn[nH]c3-c3ccccc3)c2)CCOCC1. The summed E-state index contributed by atoms with van der Waals surface area (Å²) in [7, 11) is 0. The van der Waals surface area contributed by atoms with E-state index in [0.717, 1.165) is 48.6 Å². The van der Waals surface area contributed by atoms with Crippen LogP contribution in [-0.4, -0.2) is 23.4 Å². The Morgan fingerprint density at radius 1 is 1.08 bits per heavy atom. The van der Waals surface area contributed by atoms with Crippen molar-refractivity contribution in [2.24, 2.45) is 5.73 Å². The number of nitrogens with zero attached hydrogens (tertiary/aromatic N) is 1. The Bertz CT molecular complexity index is 853. The lowest BCUT2D eigenvalue weighted by atomic mass is 9.83. The molecule has 2 aromatic carbocycles. The molecule has 4 N–H and O–H groups in total. The van der Waals surface area contributed by atoms with Crippen molar-refractivity contribution in [1.82, 2.24) is 10.2 Å². The van der Waals surface area contributed by atoms with Gasteiger partial charge in [0, 0.05) is 36.5 Å². The minimum absolute atomic E-state index is 0.291. The Hall–Kier alpha value is -2.63. The van der Waals surface area contributed by atoms with E-state index < -0.39 is 0 Å². The zero-order valence-corrected chi connectivity index (χ0v) is 14.7. The average molecular weight is 348 g/mol. The van der Waals surface area contributed by atoms with Crippen molar-refractivity contribution in [2.75, 3.05) is 18.5 Å². The van der Waals surface area contributed by atoms with Crippen molar-refractivity contribution in [3.63, 3.8) is 0 Å². The number of aromatic nitrogens is 2. The normalized spacial score (nSPS) is 16.3. The maximum absolute atomic E-state index is 6.62. The molecule has 26 heavy (non-hydrogen) atoms. The van der Waals surface area contributed by atoms with E-state index in [4.69, 9.17) is 10.5 Å². The molecule has 0 atom stereocenters. The summed E-state index contributed by atoms with van der Waals surface area (Å²) in [6, 6.07) is 18.7. The highest BCUT2D eigenvalue weighted by atomic mass is 16.5. The molecule has 4 rings (SSSR count). The molecule has 1 aliphatic heterocycles. The molecule has 5 nitrogen and oxygen atoms in total. The third-order valence-electron chi connectivity index (χ3n) is 5.09. The van der Waals surface area contributed by atoms with Crippen LogP contribution in [0, 0.1) is 0 Å². The van der Waals surface area contributed by atoms with Gasteiger partial charge >= 0.3 is 0 Å². The summed E-state index contributed by atoms with van der Waals surface area (Å²) in [6.07, 6.45) is 3.59. The number of H-pyrrole nitrogens is 1. The minimum Gasteiger partial charge on any atom is -0.381 e. The molecule has 0 radical (unpaired) electrons. The first-order chi connectivity index (χ1) is 12.7. The average Bonchev–Trinajstić information content (AvgIpc) is 3.17. The molecule has 1 fully saturated rings. The second-order valence-corrected chi connectivity index (χ2v) is 6.84. The standard InChI is InChI=1S/C21H24N4O/c22-21(9-11-26-12-10-21)18-7-4-8-19(13-18)23-14-17-15-24-25-20(17)16-5-2-1-3-6-16/h1-8,13,15,23H,9-12,14,22H2,(H,24,25). The first kappa shape index (κ1) is 16.8. The highest BCUT2D eigenvalue weighted by molar-refractivity contribution is 5.63. The monoisotopic (exact) mass is 348 g/mol. The molecule has 5 heteroatoms. The molecule has 134 valence electrons. The predicted octanol–water partition coefficient (Wildman–Crippen LogP) is 3.65. The van der Waals surface area contributed by atoms with Crippen molar-refractivity contribution in [3.05, 3.63) is 71.9 Å². The molecule has 1 aromatic heterocycles. The van der Waals surface area contributed by atoms with Gasteiger partial charge in [-0.15, -0.1) is 0 Å². The molecule has 0 saturated carbocycles. The smallest absolute Gasteiger partial charge is 0.0700 e. The highest BCUT2D eigenvalue weighted by Crippen LogP contribution is 2.31. The second kappa shape index (κ2) is 7.32. The Morgan fingerprint density at radius 2 is 1.88 bits per heavy atom. The molecule has 0 bridgehead atoms. The van der Waals surface area contributed by atoms with E-state index in [0.29, 0.717) is 6.54 Å². The van der Waals surface area contributed by atoms with Gasteiger partial charge in [0.25, 0.3) is 0 Å². The van der Waals surface area contributed by atoms with E-state index in [9.17, 15) is 0 Å². The van der Waals surface area contributed by atoms with Gasteiger partial charge in [0.2, 0.25) is 0 Å². The molecule has 2 heterocycles. The van der Waals surface area contributed by atoms with Crippen molar-refractivity contribution in [1.29, 1.82) is 0 Å². The number of nitrogens with two attached hydrogens (primary N) is 1. The maximum atomic E-state index is 6.62. The van der Waals surface area contributed by atoms with Gasteiger partial charge in [0.1, 0.15) is 0 Å². The van der Waals surface area contributed by atoms with Crippen molar-refractivity contribution in [3.8, 4) is 11.3 Å². The van der Waals surface area contributed by atoms with Crippen LogP contribution in [0.3, 0.4) is 0 Å². The number of benzene rings is 2. The topological polar surface area (TPSA) is 76.0 Å². The van der Waals surface area contributed by atoms with Crippen LogP contribution in [-0.2, 0) is 16.8 Å². The Balaban J connectivity index is 1.50. The lowest BCUT2D eigenvalue weighted by Gasteiger charge is -2.34. The quantitative estimate of drug-likeness (QED) is 0.658. The Morgan fingerprint density at radius 3 is 2.69 bits per heavy atom. The summed E-state index contributed by atoms with van der Waals surface area (Å²) in [5, 5.41) is 10.8. The lowest BCUT2D eigenvalue weighted by molar-refractivity contribution is 0.0523. The van der Waals surface area contributed by atoms with Crippen molar-refractivity contribution >= 4 is 5.69 Å². The van der Waals surface area contributed by atoms with Crippen LogP contribution in [0.2, 0.25) is 0 Å². The summed E-state index contributed by atoms with van der Waals surface area (Å²) < 4.78 is 5.46. The molecule has 0 aliphatic carbocycles. The van der Waals surface area contributed by atoms with Gasteiger partial charge in [0.15, 0.2) is 0 Å². The van der Waals surface area contributed by atoms with Gasteiger partial charge in [-0.1, -0.05) is 42.5 Å². The molecule has 1 aliphatic rings. The second-order valence-electron chi connectivity index (χ2n) is 6.84. The number of hydrogen-bond acceptors (Lipinski definition) is 4. The van der Waals surface area contributed by atoms with Crippen LogP contribution in [0.15, 0.2) is 60.8 Å². The fourth-order valence-electron chi connectivity index (χ4n) is 3.46. The Kier molecular flexibility index (Phi) is 4.73. The number of nitrogens with one attached hydrogen (secondary N) is 2. The van der Waals surface area contributed by atoms with Crippen LogP contribution in [0.4, 0.5) is 5.69 Å². The zero-order chi connectivity index (χ0) is 17.8. The number of anilines is 1. The van der Waals surface area contributed by atoms with E-state index in [1.165, 1.54) is 5.56 Å². The third kappa shape index (κ3) is 3.49. The van der Waals surface area contributed by atoms with Crippen LogP contribution in [0.5, 0.6) is 0 Å². The van der Waals surface area contributed by atoms with Gasteiger partial charge in [-0.05, 0) is 36.1 Å². The fraction of sp³-hybridized carbons (Fsp3) is 0.286. The maximum Gasteiger partial charge on any atom is 0.0700 e. The predicted molar refractivity (Wildman–Crippen MR) is 104 cm³/mol. The summed E-state index contributed by atoms with van der Waals surface area (Å²) in [5.41, 5.74) is 11.9. The van der Waals surface area contributed by atoms with Crippen LogP contribution >= 0.6 is 0 Å². The van der Waals surface area contributed by atoms with Crippen molar-refractivity contribution < 1.29 is 4.74 Å². The molecule has 0 unspecified atom stereocenters. The van der Waals surface area contributed by atoms with Gasteiger partial charge in [0.05, 0.1) is 11.9 Å². The number of ether oxygens (including phenoxy) is 1. The lowest BCUT2D eigenvalue weighted by Crippen LogP contribution is -2.42. The van der Waals surface area contributed by atoms with E-state index in [2.05, 4.69) is 51.9 Å². The number of aromatic amines is 1. The third-order valence-corrected chi connectivity index (χ3v) is 5.09. The summed E-state index contributed by atoms with van der Waals surface area (Å²) in [5.74, 6) is 0. The molecular formula is C21H24N4O. The van der Waals surface area contributed by atoms with Crippen LogP contribution in [0.1, 0.15) is 24.0 Å². The molecule has 3 aromatic rings. The van der Waals surface area contributed by atoms with Crippen molar-refractivity contribution in [2.45, 2.75) is 24.9 Å². The van der Waals surface area contributed by atoms with Gasteiger partial charge in [-0.25, -0.2) is 0 Å². The van der Waals surface area contributed by atoms with E-state index >= 15 is 0 Å². The van der Waals surface area contributed by atoms with E-state index in [1.807, 2.05) is 24.4 Å². The molecular weight excluding hydrogens is 324 g/mol. The van der Waals surface area contributed by atoms with Crippen LogP contribution < -0.4 is 11.1 Å². The zero-order valence-electron chi connectivity index (χ0n) is 14.7. The number of rotatable bonds is 5.